The van der Waals surface area contributed by atoms with Crippen LogP contribution in [0.25, 0.3) is 0 Å². The number of ketones is 2. The summed E-state index contributed by atoms with van der Waals surface area (Å²) < 4.78 is 0. The fraction of sp³-hybridized carbons (Fsp3) is 0.571. The molecule has 1 saturated carbocycles. The second-order valence-electron chi connectivity index (χ2n) is 5.96. The van der Waals surface area contributed by atoms with Crippen LogP contribution in [0.4, 0.5) is 0 Å². The Labute approximate surface area is 135 Å². The van der Waals surface area contributed by atoms with Crippen molar-refractivity contribution in [3.05, 3.63) is 0 Å². The van der Waals surface area contributed by atoms with E-state index >= 15 is 0 Å². The zero-order valence-corrected chi connectivity index (χ0v) is 12.4. The van der Waals surface area contributed by atoms with E-state index in [4.69, 9.17) is 15.9 Å². The molecule has 0 bridgehead atoms. The molecule has 0 aromatic carbocycles. The van der Waals surface area contributed by atoms with Gasteiger partial charge in [-0.25, -0.2) is 4.79 Å². The Bertz CT molecular complexity index is 655. The molecule has 5 atom stereocenters. The summed E-state index contributed by atoms with van der Waals surface area (Å²) in [6, 6.07) is -2.75. The monoisotopic (exact) mass is 340 g/mol. The fourth-order valence-electron chi connectivity index (χ4n) is 3.18. The van der Waals surface area contributed by atoms with Gasteiger partial charge in [-0.2, -0.15) is 0 Å². The molecule has 2 aliphatic rings. The van der Waals surface area contributed by atoms with Crippen LogP contribution in [0.5, 0.6) is 0 Å². The number of carboxylic acids is 3. The summed E-state index contributed by atoms with van der Waals surface area (Å²) >= 11 is 0. The average Bonchev–Trinajstić information content (AvgIpc) is 2.50. The van der Waals surface area contributed by atoms with Gasteiger partial charge in [0.1, 0.15) is 12.1 Å². The van der Waals surface area contributed by atoms with Crippen LogP contribution in [0.15, 0.2) is 4.99 Å². The third-order valence-corrected chi connectivity index (χ3v) is 4.43. The molecule has 130 valence electrons. The highest BCUT2D eigenvalue weighted by atomic mass is 16.4. The van der Waals surface area contributed by atoms with Gasteiger partial charge in [-0.1, -0.05) is 0 Å². The number of nitrogens with two attached hydrogens (primary N) is 1. The maximum Gasteiger partial charge on any atom is 0.328 e. The molecule has 0 spiro atoms. The van der Waals surface area contributed by atoms with Crippen molar-refractivity contribution in [1.29, 1.82) is 0 Å². The zero-order chi connectivity index (χ0) is 18.2. The van der Waals surface area contributed by atoms with Crippen LogP contribution in [0, 0.1) is 17.8 Å². The fourth-order valence-corrected chi connectivity index (χ4v) is 3.18. The molecule has 1 aliphatic heterocycles. The summed E-state index contributed by atoms with van der Waals surface area (Å²) in [6.07, 6.45) is -0.677. The maximum atomic E-state index is 12.2. The molecule has 5 unspecified atom stereocenters. The van der Waals surface area contributed by atoms with Gasteiger partial charge >= 0.3 is 17.9 Å². The molecule has 2 rings (SSSR count). The average molecular weight is 340 g/mol. The van der Waals surface area contributed by atoms with Gasteiger partial charge in [0.25, 0.3) is 0 Å². The van der Waals surface area contributed by atoms with Crippen molar-refractivity contribution >= 4 is 35.2 Å². The predicted molar refractivity (Wildman–Crippen MR) is 76.4 cm³/mol. The Morgan fingerprint density at radius 3 is 2.25 bits per heavy atom. The molecule has 24 heavy (non-hydrogen) atoms. The highest BCUT2D eigenvalue weighted by Crippen LogP contribution is 2.37. The highest BCUT2D eigenvalue weighted by molar-refractivity contribution is 6.67. The minimum atomic E-state index is -1.40. The topological polar surface area (TPSA) is 184 Å². The van der Waals surface area contributed by atoms with E-state index in [0.29, 0.717) is 0 Å². The number of aliphatic imine (C=N–C) groups is 1. The third kappa shape index (κ3) is 3.18. The van der Waals surface area contributed by atoms with Gasteiger partial charge in [-0.3, -0.25) is 24.2 Å². The van der Waals surface area contributed by atoms with Crippen molar-refractivity contribution in [2.45, 2.75) is 31.3 Å². The number of rotatable bonds is 5. The van der Waals surface area contributed by atoms with E-state index in [2.05, 4.69) is 4.99 Å². The van der Waals surface area contributed by atoms with Gasteiger partial charge in [0.2, 0.25) is 11.6 Å². The number of Topliss-reactive ketones (excluding diaryl/α,β-unsaturated/α-hetero) is 2. The number of hydrogen-bond acceptors (Lipinski definition) is 7. The smallest absolute Gasteiger partial charge is 0.328 e. The first-order chi connectivity index (χ1) is 11.1. The van der Waals surface area contributed by atoms with Crippen molar-refractivity contribution in [1.82, 2.24) is 0 Å². The SMILES string of the molecule is NC(CC1CC2C(=NC(C(=O)O)CC2C(=O)O)C(=O)C1=O)C(=O)O. The van der Waals surface area contributed by atoms with E-state index in [1.54, 1.807) is 0 Å². The number of fused-ring (bicyclic) bond motifs is 1. The van der Waals surface area contributed by atoms with E-state index in [1.165, 1.54) is 0 Å². The molecular weight excluding hydrogens is 324 g/mol. The van der Waals surface area contributed by atoms with Crippen molar-refractivity contribution < 1.29 is 39.3 Å². The Kier molecular flexibility index (Phi) is 4.78. The maximum absolute atomic E-state index is 12.2. The van der Waals surface area contributed by atoms with Crippen LogP contribution in [-0.2, 0) is 24.0 Å². The van der Waals surface area contributed by atoms with E-state index < -0.39 is 59.3 Å². The summed E-state index contributed by atoms with van der Waals surface area (Å²) in [5.74, 6) is -9.07. The molecule has 1 aliphatic carbocycles. The third-order valence-electron chi connectivity index (χ3n) is 4.43. The van der Waals surface area contributed by atoms with Gasteiger partial charge in [0.05, 0.1) is 11.6 Å². The molecule has 0 aromatic rings. The molecule has 5 N–H and O–H groups in total. The quantitative estimate of drug-likeness (QED) is 0.435. The molecule has 0 radical (unpaired) electrons. The minimum Gasteiger partial charge on any atom is -0.481 e. The van der Waals surface area contributed by atoms with Crippen LogP contribution < -0.4 is 5.73 Å². The lowest BCUT2D eigenvalue weighted by Crippen LogP contribution is -2.51. The first-order valence-electron chi connectivity index (χ1n) is 7.23. The summed E-state index contributed by atoms with van der Waals surface area (Å²) in [4.78, 5) is 61.4. The lowest BCUT2D eigenvalue weighted by atomic mass is 9.68. The summed E-state index contributed by atoms with van der Waals surface area (Å²) in [5, 5.41) is 27.2. The number of hydrogen-bond donors (Lipinski definition) is 4. The lowest BCUT2D eigenvalue weighted by Gasteiger charge is -2.36. The van der Waals surface area contributed by atoms with Crippen molar-refractivity contribution in [3.8, 4) is 0 Å². The summed E-state index contributed by atoms with van der Waals surface area (Å²) in [5.41, 5.74) is 5.05. The molecular formula is C14H16N2O8. The van der Waals surface area contributed by atoms with Gasteiger partial charge in [0, 0.05) is 11.8 Å². The second-order valence-corrected chi connectivity index (χ2v) is 5.96. The number of carbonyl (C=O) groups excluding carboxylic acids is 2. The van der Waals surface area contributed by atoms with Crippen LogP contribution in [0.1, 0.15) is 19.3 Å². The van der Waals surface area contributed by atoms with Crippen LogP contribution in [-0.4, -0.2) is 62.6 Å². The van der Waals surface area contributed by atoms with Gasteiger partial charge in [0.15, 0.2) is 0 Å². The van der Waals surface area contributed by atoms with E-state index in [0.717, 1.165) is 0 Å². The Morgan fingerprint density at radius 1 is 1.12 bits per heavy atom. The van der Waals surface area contributed by atoms with E-state index in [9.17, 15) is 29.1 Å². The van der Waals surface area contributed by atoms with Crippen molar-refractivity contribution in [2.24, 2.45) is 28.5 Å². The van der Waals surface area contributed by atoms with Gasteiger partial charge in [-0.15, -0.1) is 0 Å². The Hall–Kier alpha value is -2.62. The number of aliphatic carboxylic acids is 3. The van der Waals surface area contributed by atoms with E-state index in [-0.39, 0.29) is 25.0 Å². The Balaban J connectivity index is 2.35. The second kappa shape index (κ2) is 6.48. The number of carbonyl (C=O) groups is 5. The standard InChI is InChI=1S/C14H16N2O8/c15-7(13(21)22)2-4-1-5-6(12(19)20)3-8(14(23)24)16-9(5)11(18)10(4)17/h4-8H,1-3,15H2,(H,19,20)(H,21,22)(H,23,24). The molecule has 0 aromatic heterocycles. The Morgan fingerprint density at radius 2 is 1.75 bits per heavy atom. The van der Waals surface area contributed by atoms with Gasteiger partial charge in [-0.05, 0) is 19.3 Å². The molecule has 10 heteroatoms. The molecule has 0 saturated heterocycles. The van der Waals surface area contributed by atoms with Crippen molar-refractivity contribution in [2.75, 3.05) is 0 Å². The molecule has 1 heterocycles. The summed E-state index contributed by atoms with van der Waals surface area (Å²) in [6.45, 7) is 0. The molecule has 1 fully saturated rings. The van der Waals surface area contributed by atoms with Crippen molar-refractivity contribution in [3.63, 3.8) is 0 Å². The predicted octanol–water partition coefficient (Wildman–Crippen LogP) is -1.44. The first-order valence-corrected chi connectivity index (χ1v) is 7.23. The minimum absolute atomic E-state index is 0.0896. The molecule has 0 amide bonds. The van der Waals surface area contributed by atoms with Crippen LogP contribution >= 0.6 is 0 Å². The highest BCUT2D eigenvalue weighted by Gasteiger charge is 2.49. The normalized spacial score (nSPS) is 31.0. The largest absolute Gasteiger partial charge is 0.481 e. The number of carboxylic acid groups (broad SMARTS) is 3. The van der Waals surface area contributed by atoms with Crippen LogP contribution in [0.3, 0.4) is 0 Å². The molecule has 10 nitrogen and oxygen atoms in total. The first kappa shape index (κ1) is 17.7. The zero-order valence-electron chi connectivity index (χ0n) is 12.4. The summed E-state index contributed by atoms with van der Waals surface area (Å²) in [7, 11) is 0. The lowest BCUT2D eigenvalue weighted by molar-refractivity contribution is -0.147. The number of nitrogens with zero attached hydrogens (tertiary/aromatic N) is 1. The van der Waals surface area contributed by atoms with Crippen LogP contribution in [0.2, 0.25) is 0 Å². The van der Waals surface area contributed by atoms with Gasteiger partial charge < -0.3 is 21.1 Å². The van der Waals surface area contributed by atoms with E-state index in [1.807, 2.05) is 0 Å².